The van der Waals surface area contributed by atoms with Gasteiger partial charge in [0.2, 0.25) is 11.8 Å². The molecule has 0 spiro atoms. The summed E-state index contributed by atoms with van der Waals surface area (Å²) in [5.74, 6) is 0.466. The average Bonchev–Trinajstić information content (AvgIpc) is 2.35. The van der Waals surface area contributed by atoms with Crippen LogP contribution in [0.1, 0.15) is 17.5 Å². The molecule has 0 saturated heterocycles. The quantitative estimate of drug-likeness (QED) is 0.737. The van der Waals surface area contributed by atoms with Crippen molar-refractivity contribution in [1.82, 2.24) is 10.3 Å². The fraction of sp³-hybridized carbons (Fsp3) is 0.250. The third-order valence-corrected chi connectivity index (χ3v) is 2.54. The molecule has 88 valence electrons. The number of likely N-dealkylation sites (N-methyl/N-ethyl adjacent to an activating group) is 1. The van der Waals surface area contributed by atoms with E-state index in [1.807, 2.05) is 6.07 Å². The van der Waals surface area contributed by atoms with Crippen molar-refractivity contribution in [3.8, 4) is 0 Å². The molecule has 0 aromatic carbocycles. The predicted octanol–water partition coefficient (Wildman–Crippen LogP) is 0.725. The molecule has 0 fully saturated rings. The number of nitrogens with zero attached hydrogens (tertiary/aromatic N) is 1. The van der Waals surface area contributed by atoms with Gasteiger partial charge in [-0.15, -0.1) is 0 Å². The SMILES string of the molecule is CNC(=O)C=Cc1cnc2c(c1)CCC(=O)N2. The van der Waals surface area contributed by atoms with Crippen molar-refractivity contribution >= 4 is 23.7 Å². The first-order valence-electron chi connectivity index (χ1n) is 5.37. The van der Waals surface area contributed by atoms with Gasteiger partial charge in [0.05, 0.1) is 0 Å². The van der Waals surface area contributed by atoms with Crippen LogP contribution in [0.5, 0.6) is 0 Å². The third-order valence-electron chi connectivity index (χ3n) is 2.54. The largest absolute Gasteiger partial charge is 0.356 e. The highest BCUT2D eigenvalue weighted by atomic mass is 16.2. The van der Waals surface area contributed by atoms with E-state index in [0.717, 1.165) is 11.1 Å². The summed E-state index contributed by atoms with van der Waals surface area (Å²) in [6.45, 7) is 0. The Morgan fingerprint density at radius 2 is 2.35 bits per heavy atom. The summed E-state index contributed by atoms with van der Waals surface area (Å²) in [5, 5.41) is 5.21. The number of aromatic nitrogens is 1. The van der Waals surface area contributed by atoms with Crippen LogP contribution in [0.2, 0.25) is 0 Å². The van der Waals surface area contributed by atoms with Crippen LogP contribution < -0.4 is 10.6 Å². The van der Waals surface area contributed by atoms with Crippen LogP contribution in [0.3, 0.4) is 0 Å². The van der Waals surface area contributed by atoms with Crippen molar-refractivity contribution < 1.29 is 9.59 Å². The van der Waals surface area contributed by atoms with E-state index in [9.17, 15) is 9.59 Å². The van der Waals surface area contributed by atoms with E-state index in [-0.39, 0.29) is 11.8 Å². The Labute approximate surface area is 98.9 Å². The van der Waals surface area contributed by atoms with E-state index in [4.69, 9.17) is 0 Å². The number of rotatable bonds is 2. The fourth-order valence-electron chi connectivity index (χ4n) is 1.62. The van der Waals surface area contributed by atoms with Crippen LogP contribution in [-0.2, 0) is 16.0 Å². The van der Waals surface area contributed by atoms with Gasteiger partial charge in [0.1, 0.15) is 5.82 Å². The number of carbonyl (C=O) groups is 2. The number of hydrogen-bond acceptors (Lipinski definition) is 3. The van der Waals surface area contributed by atoms with Crippen molar-refractivity contribution in [3.63, 3.8) is 0 Å². The fourth-order valence-corrected chi connectivity index (χ4v) is 1.62. The maximum absolute atomic E-state index is 11.1. The minimum atomic E-state index is -0.156. The Bertz CT molecular complexity index is 495. The van der Waals surface area contributed by atoms with Crippen LogP contribution in [-0.4, -0.2) is 23.8 Å². The number of nitrogens with one attached hydrogen (secondary N) is 2. The van der Waals surface area contributed by atoms with Crippen LogP contribution in [0.25, 0.3) is 6.08 Å². The van der Waals surface area contributed by atoms with Crippen LogP contribution in [0.4, 0.5) is 5.82 Å². The first-order chi connectivity index (χ1) is 8.19. The normalized spacial score (nSPS) is 14.3. The van der Waals surface area contributed by atoms with E-state index >= 15 is 0 Å². The van der Waals surface area contributed by atoms with Gasteiger partial charge in [-0.05, 0) is 29.7 Å². The zero-order valence-corrected chi connectivity index (χ0v) is 9.49. The third kappa shape index (κ3) is 2.69. The number of pyridine rings is 1. The minimum Gasteiger partial charge on any atom is -0.356 e. The molecular weight excluding hydrogens is 218 g/mol. The second kappa shape index (κ2) is 4.78. The molecule has 1 aromatic rings. The molecule has 1 aromatic heterocycles. The summed E-state index contributed by atoms with van der Waals surface area (Å²) in [7, 11) is 1.58. The summed E-state index contributed by atoms with van der Waals surface area (Å²) in [5.41, 5.74) is 1.85. The van der Waals surface area contributed by atoms with E-state index in [1.165, 1.54) is 6.08 Å². The molecule has 0 bridgehead atoms. The molecule has 2 rings (SSSR count). The van der Waals surface area contributed by atoms with Crippen molar-refractivity contribution in [3.05, 3.63) is 29.5 Å². The van der Waals surface area contributed by atoms with Crippen LogP contribution in [0.15, 0.2) is 18.3 Å². The summed E-state index contributed by atoms with van der Waals surface area (Å²) in [6.07, 6.45) is 5.95. The molecule has 0 unspecified atom stereocenters. The van der Waals surface area contributed by atoms with Crippen molar-refractivity contribution in [1.29, 1.82) is 0 Å². The van der Waals surface area contributed by atoms with Gasteiger partial charge in [0, 0.05) is 25.7 Å². The highest BCUT2D eigenvalue weighted by Gasteiger charge is 2.15. The molecule has 5 heteroatoms. The molecule has 1 aliphatic rings. The van der Waals surface area contributed by atoms with Gasteiger partial charge in [-0.1, -0.05) is 0 Å². The smallest absolute Gasteiger partial charge is 0.243 e. The minimum absolute atomic E-state index is 0.00125. The monoisotopic (exact) mass is 231 g/mol. The standard InChI is InChI=1S/C12H13N3O2/c1-13-10(16)4-2-8-6-9-3-5-11(17)15-12(9)14-7-8/h2,4,6-7H,3,5H2,1H3,(H,13,16)(H,14,15,17). The highest BCUT2D eigenvalue weighted by Crippen LogP contribution is 2.21. The molecule has 2 N–H and O–H groups in total. The van der Waals surface area contributed by atoms with Gasteiger partial charge in [-0.3, -0.25) is 9.59 Å². The lowest BCUT2D eigenvalue weighted by atomic mass is 10.0. The van der Waals surface area contributed by atoms with Crippen molar-refractivity contribution in [2.75, 3.05) is 12.4 Å². The van der Waals surface area contributed by atoms with Crippen LogP contribution >= 0.6 is 0 Å². The first kappa shape index (κ1) is 11.3. The Kier molecular flexibility index (Phi) is 3.18. The molecular formula is C12H13N3O2. The van der Waals surface area contributed by atoms with E-state index in [1.54, 1.807) is 19.3 Å². The summed E-state index contributed by atoms with van der Waals surface area (Å²) >= 11 is 0. The van der Waals surface area contributed by atoms with Gasteiger partial charge >= 0.3 is 0 Å². The maximum Gasteiger partial charge on any atom is 0.243 e. The number of amides is 2. The zero-order chi connectivity index (χ0) is 12.3. The molecule has 0 atom stereocenters. The van der Waals surface area contributed by atoms with Crippen molar-refractivity contribution in [2.45, 2.75) is 12.8 Å². The number of fused-ring (bicyclic) bond motifs is 1. The maximum atomic E-state index is 11.1. The lowest BCUT2D eigenvalue weighted by molar-refractivity contribution is -0.117. The molecule has 1 aliphatic heterocycles. The summed E-state index contributed by atoms with van der Waals surface area (Å²) in [6, 6.07) is 1.93. The van der Waals surface area contributed by atoms with Crippen LogP contribution in [0, 0.1) is 0 Å². The van der Waals surface area contributed by atoms with Gasteiger partial charge in [0.25, 0.3) is 0 Å². The summed E-state index contributed by atoms with van der Waals surface area (Å²) in [4.78, 5) is 26.3. The van der Waals surface area contributed by atoms with E-state index in [0.29, 0.717) is 18.7 Å². The number of hydrogen-bond donors (Lipinski definition) is 2. The van der Waals surface area contributed by atoms with Gasteiger partial charge in [-0.2, -0.15) is 0 Å². The lowest BCUT2D eigenvalue weighted by Gasteiger charge is -2.15. The predicted molar refractivity (Wildman–Crippen MR) is 64.3 cm³/mol. The number of carbonyl (C=O) groups excluding carboxylic acids is 2. The number of anilines is 1. The molecule has 2 amide bonds. The van der Waals surface area contributed by atoms with Crippen molar-refractivity contribution in [2.24, 2.45) is 0 Å². The topological polar surface area (TPSA) is 71.1 Å². The second-order valence-electron chi connectivity index (χ2n) is 3.77. The van der Waals surface area contributed by atoms with Gasteiger partial charge < -0.3 is 10.6 Å². The Morgan fingerprint density at radius 1 is 1.53 bits per heavy atom. The van der Waals surface area contributed by atoms with Gasteiger partial charge in [0.15, 0.2) is 0 Å². The Hall–Kier alpha value is -2.17. The van der Waals surface area contributed by atoms with E-state index < -0.39 is 0 Å². The molecule has 17 heavy (non-hydrogen) atoms. The molecule has 0 aliphatic carbocycles. The molecule has 0 radical (unpaired) electrons. The highest BCUT2D eigenvalue weighted by molar-refractivity contribution is 5.93. The first-order valence-corrected chi connectivity index (χ1v) is 5.37. The molecule has 0 saturated carbocycles. The molecule has 2 heterocycles. The molecule has 5 nitrogen and oxygen atoms in total. The van der Waals surface area contributed by atoms with Gasteiger partial charge in [-0.25, -0.2) is 4.98 Å². The average molecular weight is 231 g/mol. The zero-order valence-electron chi connectivity index (χ0n) is 9.49. The lowest BCUT2D eigenvalue weighted by Crippen LogP contribution is -2.20. The summed E-state index contributed by atoms with van der Waals surface area (Å²) < 4.78 is 0. The Morgan fingerprint density at radius 3 is 3.12 bits per heavy atom. The number of aryl methyl sites for hydroxylation is 1. The van der Waals surface area contributed by atoms with E-state index in [2.05, 4.69) is 15.6 Å². The Balaban J connectivity index is 2.19. The second-order valence-corrected chi connectivity index (χ2v) is 3.77.